The van der Waals surface area contributed by atoms with Crippen LogP contribution in [0, 0.1) is 5.92 Å². The van der Waals surface area contributed by atoms with Crippen molar-refractivity contribution in [3.8, 4) is 46.0 Å². The molecule has 1 aliphatic rings. The van der Waals surface area contributed by atoms with Crippen molar-refractivity contribution in [2.45, 2.75) is 64.4 Å². The smallest absolute Gasteiger partial charge is 0.171 e. The van der Waals surface area contributed by atoms with Crippen LogP contribution < -0.4 is 0 Å². The van der Waals surface area contributed by atoms with Gasteiger partial charge >= 0.3 is 0 Å². The highest BCUT2D eigenvalue weighted by atomic mass is 16.3. The van der Waals surface area contributed by atoms with Crippen LogP contribution in [0.1, 0.15) is 89.7 Å². The molecule has 0 saturated carbocycles. The van der Waals surface area contributed by atoms with Gasteiger partial charge in [-0.1, -0.05) is 35.4 Å². The van der Waals surface area contributed by atoms with Gasteiger partial charge in [0, 0.05) is 46.6 Å². The van der Waals surface area contributed by atoms with Crippen LogP contribution in [0.4, 0.5) is 0 Å². The lowest BCUT2D eigenvalue weighted by Gasteiger charge is -2.37. The Hall–Kier alpha value is -5.61. The van der Waals surface area contributed by atoms with E-state index in [0.717, 1.165) is 17.2 Å². The quantitative estimate of drug-likeness (QED) is 0.0608. The van der Waals surface area contributed by atoms with Gasteiger partial charge in [0.05, 0.1) is 11.7 Å². The molecule has 5 rings (SSSR count). The number of benzene rings is 4. The van der Waals surface area contributed by atoms with Crippen LogP contribution in [0.15, 0.2) is 84.0 Å². The van der Waals surface area contributed by atoms with Crippen LogP contribution in [-0.2, 0) is 12.8 Å². The first kappa shape index (κ1) is 35.7. The lowest BCUT2D eigenvalue weighted by Crippen LogP contribution is -2.32. The van der Waals surface area contributed by atoms with Crippen molar-refractivity contribution in [1.82, 2.24) is 0 Å². The fourth-order valence-electron chi connectivity index (χ4n) is 6.89. The highest BCUT2D eigenvalue weighted by Crippen LogP contribution is 2.54. The normalized spacial score (nSPS) is 17.9. The predicted octanol–water partition coefficient (Wildman–Crippen LogP) is 7.22. The predicted molar refractivity (Wildman–Crippen MR) is 187 cm³/mol. The van der Waals surface area contributed by atoms with Gasteiger partial charge in [-0.2, -0.15) is 0 Å². The zero-order valence-corrected chi connectivity index (χ0v) is 28.0. The van der Waals surface area contributed by atoms with Crippen molar-refractivity contribution in [2.75, 3.05) is 0 Å². The van der Waals surface area contributed by atoms with Crippen molar-refractivity contribution in [3.05, 3.63) is 117 Å². The molecule has 1 aliphatic carbocycles. The van der Waals surface area contributed by atoms with Crippen LogP contribution in [0.5, 0.6) is 46.0 Å². The Bertz CT molecular complexity index is 1990. The molecule has 0 aliphatic heterocycles. The average molecular weight is 683 g/mol. The zero-order valence-electron chi connectivity index (χ0n) is 28.0. The lowest BCUT2D eigenvalue weighted by molar-refractivity contribution is 0.0876. The SMILES string of the molecule is CC(C)=CCc1c(O)ccc(C(=O)C2C(c3c(O)ccc(C(O)CCc4ccc(O)cc4O)c3O)C=C(C)CC2c2ccc(O)cc2O)c1O. The number of hydrogen-bond acceptors (Lipinski definition) is 10. The summed E-state index contributed by atoms with van der Waals surface area (Å²) in [6, 6.07) is 13.5. The summed E-state index contributed by atoms with van der Waals surface area (Å²) in [5.74, 6) is -5.65. The van der Waals surface area contributed by atoms with E-state index < -0.39 is 41.1 Å². The second kappa shape index (κ2) is 14.5. The van der Waals surface area contributed by atoms with E-state index in [-0.39, 0.29) is 82.4 Å². The molecule has 0 radical (unpaired) electrons. The molecular formula is C40H42O10. The van der Waals surface area contributed by atoms with Crippen molar-refractivity contribution < 1.29 is 50.8 Å². The molecule has 0 spiro atoms. The molecule has 9 N–H and O–H groups in total. The molecule has 0 saturated heterocycles. The number of Topliss-reactive ketones (excluding diaryl/α,β-unsaturated/α-hetero) is 1. The van der Waals surface area contributed by atoms with Crippen LogP contribution in [0.25, 0.3) is 0 Å². The zero-order chi connectivity index (χ0) is 36.4. The molecule has 0 amide bonds. The summed E-state index contributed by atoms with van der Waals surface area (Å²) < 4.78 is 0. The molecule has 0 bridgehead atoms. The van der Waals surface area contributed by atoms with Crippen LogP contribution >= 0.6 is 0 Å². The van der Waals surface area contributed by atoms with E-state index in [0.29, 0.717) is 11.1 Å². The molecule has 4 aromatic rings. The third-order valence-electron chi connectivity index (χ3n) is 9.45. The molecule has 4 aromatic carbocycles. The number of aryl methyl sites for hydroxylation is 1. The number of allylic oxidation sites excluding steroid dienone is 4. The van der Waals surface area contributed by atoms with E-state index in [1.165, 1.54) is 54.6 Å². The minimum atomic E-state index is -1.26. The van der Waals surface area contributed by atoms with Crippen molar-refractivity contribution >= 4 is 5.78 Å². The number of aromatic hydroxyl groups is 8. The van der Waals surface area contributed by atoms with Gasteiger partial charge in [-0.3, -0.25) is 4.79 Å². The summed E-state index contributed by atoms with van der Waals surface area (Å²) in [4.78, 5) is 14.8. The van der Waals surface area contributed by atoms with Crippen LogP contribution in [-0.4, -0.2) is 51.7 Å². The first-order chi connectivity index (χ1) is 23.7. The lowest BCUT2D eigenvalue weighted by atomic mass is 9.65. The molecule has 4 atom stereocenters. The number of hydrogen-bond donors (Lipinski definition) is 9. The maximum Gasteiger partial charge on any atom is 0.171 e. The Balaban J connectivity index is 1.63. The molecule has 0 fully saturated rings. The largest absolute Gasteiger partial charge is 0.508 e. The second-order valence-electron chi connectivity index (χ2n) is 13.2. The van der Waals surface area contributed by atoms with E-state index >= 15 is 0 Å². The maximum atomic E-state index is 14.8. The van der Waals surface area contributed by atoms with Gasteiger partial charge in [0.1, 0.15) is 46.0 Å². The topological polar surface area (TPSA) is 199 Å². The number of rotatable bonds is 10. The first-order valence-electron chi connectivity index (χ1n) is 16.3. The summed E-state index contributed by atoms with van der Waals surface area (Å²) in [6.07, 6.45) is 2.93. The van der Waals surface area contributed by atoms with Crippen LogP contribution in [0.3, 0.4) is 0 Å². The van der Waals surface area contributed by atoms with E-state index in [9.17, 15) is 50.8 Å². The first-order valence-corrected chi connectivity index (χ1v) is 16.3. The van der Waals surface area contributed by atoms with Crippen molar-refractivity contribution in [3.63, 3.8) is 0 Å². The third kappa shape index (κ3) is 7.21. The summed E-state index contributed by atoms with van der Waals surface area (Å²) >= 11 is 0. The molecule has 10 nitrogen and oxygen atoms in total. The summed E-state index contributed by atoms with van der Waals surface area (Å²) in [7, 11) is 0. The number of aliphatic hydroxyl groups is 1. The van der Waals surface area contributed by atoms with E-state index in [2.05, 4.69) is 0 Å². The van der Waals surface area contributed by atoms with Crippen molar-refractivity contribution in [1.29, 1.82) is 0 Å². The maximum absolute atomic E-state index is 14.8. The van der Waals surface area contributed by atoms with Gasteiger partial charge in [-0.15, -0.1) is 0 Å². The molecule has 10 heteroatoms. The fourth-order valence-corrected chi connectivity index (χ4v) is 6.89. The van der Waals surface area contributed by atoms with Gasteiger partial charge < -0.3 is 46.0 Å². The summed E-state index contributed by atoms with van der Waals surface area (Å²) in [5, 5.41) is 97.1. The Labute approximate surface area is 289 Å². The number of phenolic OH excluding ortho intramolecular Hbond substituents is 8. The summed E-state index contributed by atoms with van der Waals surface area (Å²) in [5.41, 5.74) is 2.56. The van der Waals surface area contributed by atoms with Gasteiger partial charge in [-0.05, 0) is 94.0 Å². The van der Waals surface area contributed by atoms with E-state index in [1.807, 2.05) is 20.8 Å². The molecule has 0 aromatic heterocycles. The molecule has 50 heavy (non-hydrogen) atoms. The van der Waals surface area contributed by atoms with Gasteiger partial charge in [0.2, 0.25) is 0 Å². The molecule has 4 unspecified atom stereocenters. The Morgan fingerprint density at radius 1 is 0.800 bits per heavy atom. The fraction of sp³-hybridized carbons (Fsp3) is 0.275. The summed E-state index contributed by atoms with van der Waals surface area (Å²) in [6.45, 7) is 5.53. The van der Waals surface area contributed by atoms with E-state index in [4.69, 9.17) is 0 Å². The highest BCUT2D eigenvalue weighted by molar-refractivity contribution is 6.02. The monoisotopic (exact) mass is 682 g/mol. The Morgan fingerprint density at radius 2 is 1.46 bits per heavy atom. The minimum Gasteiger partial charge on any atom is -0.508 e. The van der Waals surface area contributed by atoms with Gasteiger partial charge in [0.15, 0.2) is 5.78 Å². The van der Waals surface area contributed by atoms with Crippen LogP contribution in [0.2, 0.25) is 0 Å². The second-order valence-corrected chi connectivity index (χ2v) is 13.2. The number of carbonyl (C=O) groups is 1. The number of phenols is 8. The van der Waals surface area contributed by atoms with Crippen molar-refractivity contribution in [2.24, 2.45) is 5.92 Å². The third-order valence-corrected chi connectivity index (χ3v) is 9.45. The van der Waals surface area contributed by atoms with Gasteiger partial charge in [-0.25, -0.2) is 0 Å². The van der Waals surface area contributed by atoms with E-state index in [1.54, 1.807) is 12.2 Å². The Kier molecular flexibility index (Phi) is 10.3. The number of ketones is 1. The molecular weight excluding hydrogens is 640 g/mol. The van der Waals surface area contributed by atoms with Gasteiger partial charge in [0.25, 0.3) is 0 Å². The number of aliphatic hydroxyl groups excluding tert-OH is 1. The average Bonchev–Trinajstić information content (AvgIpc) is 3.03. The molecule has 0 heterocycles. The standard InChI is InChI=1S/C40H42O10/c1-20(2)4-9-26-32(44)14-12-28(38(26)48)40(50)36-29(25-10-8-24(42)19-35(25)47)16-21(3)17-30(36)37-33(45)15-11-27(39(37)49)31(43)13-6-22-5-7-23(41)18-34(22)46/h4-5,7-8,10-12,14-15,17-19,29-31,36,41-49H,6,9,13,16H2,1-3H3. The minimum absolute atomic E-state index is 0.0438. The number of carbonyl (C=O) groups excluding carboxylic acids is 1. The Morgan fingerprint density at radius 3 is 2.12 bits per heavy atom. The molecule has 262 valence electrons. The highest BCUT2D eigenvalue weighted by Gasteiger charge is 2.43.